The molecule has 0 spiro atoms. The summed E-state index contributed by atoms with van der Waals surface area (Å²) in [4.78, 5) is 0. The van der Waals surface area contributed by atoms with E-state index < -0.39 is 0 Å². The van der Waals surface area contributed by atoms with Gasteiger partial charge in [-0.1, -0.05) is 19.8 Å². The van der Waals surface area contributed by atoms with E-state index in [2.05, 4.69) is 6.92 Å². The molecule has 0 amide bonds. The molecule has 4 aliphatic carbocycles. The molecule has 1 nitrogen and oxygen atoms in total. The molecule has 0 aliphatic heterocycles. The minimum absolute atomic E-state index is 0.0115. The van der Waals surface area contributed by atoms with E-state index in [1.165, 1.54) is 51.4 Å². The van der Waals surface area contributed by atoms with Crippen LogP contribution < -0.4 is 0 Å². The fraction of sp³-hybridized carbons (Fsp3) is 1.00. The lowest BCUT2D eigenvalue weighted by Crippen LogP contribution is -2.51. The van der Waals surface area contributed by atoms with Crippen LogP contribution in [0.15, 0.2) is 0 Å². The zero-order valence-corrected chi connectivity index (χ0v) is 12.5. The van der Waals surface area contributed by atoms with Crippen LogP contribution >= 0.6 is 0 Å². The van der Waals surface area contributed by atoms with E-state index in [0.717, 1.165) is 42.4 Å². The second kappa shape index (κ2) is 4.48. The first-order valence-corrected chi connectivity index (χ1v) is 8.86. The normalized spacial score (nSPS) is 57.2. The first-order chi connectivity index (χ1) is 9.18. The lowest BCUT2D eigenvalue weighted by molar-refractivity contribution is -0.106. The number of aliphatic hydroxyl groups is 1. The molecule has 0 bridgehead atoms. The van der Waals surface area contributed by atoms with Gasteiger partial charge in [-0.2, -0.15) is 0 Å². The molecule has 4 fully saturated rings. The quantitative estimate of drug-likeness (QED) is 0.686. The molecule has 0 aromatic rings. The van der Waals surface area contributed by atoms with Crippen LogP contribution in [0.2, 0.25) is 0 Å². The van der Waals surface area contributed by atoms with Gasteiger partial charge in [-0.3, -0.25) is 0 Å². The number of fused-ring (bicyclic) bond motifs is 5. The maximum Gasteiger partial charge on any atom is 0.0543 e. The van der Waals surface area contributed by atoms with Gasteiger partial charge in [0.05, 0.1) is 6.10 Å². The minimum Gasteiger partial charge on any atom is -0.393 e. The third-order valence-electron chi connectivity index (χ3n) is 7.83. The second-order valence-electron chi connectivity index (χ2n) is 8.41. The Bertz CT molecular complexity index is 352. The SMILES string of the molecule is C[C@@]12CC[C@H](O)C[C@@H]1CCC1C3CCCC3CCC12. The molecular weight excluding hydrogens is 232 g/mol. The molecule has 19 heavy (non-hydrogen) atoms. The van der Waals surface area contributed by atoms with Gasteiger partial charge >= 0.3 is 0 Å². The molecule has 4 rings (SSSR count). The first-order valence-electron chi connectivity index (χ1n) is 8.86. The Hall–Kier alpha value is -0.0400. The van der Waals surface area contributed by atoms with Crippen LogP contribution in [0.3, 0.4) is 0 Å². The third kappa shape index (κ3) is 1.83. The average molecular weight is 262 g/mol. The molecule has 108 valence electrons. The first kappa shape index (κ1) is 12.7. The van der Waals surface area contributed by atoms with Crippen molar-refractivity contribution in [1.29, 1.82) is 0 Å². The predicted molar refractivity (Wildman–Crippen MR) is 77.7 cm³/mol. The van der Waals surface area contributed by atoms with Crippen LogP contribution in [0.1, 0.15) is 71.1 Å². The highest BCUT2D eigenvalue weighted by atomic mass is 16.3. The lowest BCUT2D eigenvalue weighted by Gasteiger charge is -2.58. The predicted octanol–water partition coefficient (Wildman–Crippen LogP) is 4.39. The molecule has 0 heterocycles. The molecule has 4 aliphatic rings. The van der Waals surface area contributed by atoms with Crippen LogP contribution in [0.4, 0.5) is 0 Å². The summed E-state index contributed by atoms with van der Waals surface area (Å²) in [5.41, 5.74) is 0.579. The summed E-state index contributed by atoms with van der Waals surface area (Å²) >= 11 is 0. The number of hydrogen-bond donors (Lipinski definition) is 1. The van der Waals surface area contributed by atoms with Crippen LogP contribution in [-0.4, -0.2) is 11.2 Å². The van der Waals surface area contributed by atoms with Gasteiger partial charge < -0.3 is 5.11 Å². The van der Waals surface area contributed by atoms with Crippen molar-refractivity contribution in [2.45, 2.75) is 77.2 Å². The third-order valence-corrected chi connectivity index (χ3v) is 7.83. The van der Waals surface area contributed by atoms with Crippen LogP contribution in [0.5, 0.6) is 0 Å². The Morgan fingerprint density at radius 2 is 1.79 bits per heavy atom. The van der Waals surface area contributed by atoms with Crippen molar-refractivity contribution in [3.63, 3.8) is 0 Å². The molecule has 1 N–H and O–H groups in total. The van der Waals surface area contributed by atoms with Crippen molar-refractivity contribution < 1.29 is 5.11 Å². The summed E-state index contributed by atoms with van der Waals surface area (Å²) < 4.78 is 0. The van der Waals surface area contributed by atoms with Crippen LogP contribution in [-0.2, 0) is 0 Å². The van der Waals surface area contributed by atoms with Gasteiger partial charge in [-0.05, 0) is 86.4 Å². The zero-order chi connectivity index (χ0) is 13.0. The van der Waals surface area contributed by atoms with Gasteiger partial charge in [-0.15, -0.1) is 0 Å². The molecule has 0 aromatic carbocycles. The minimum atomic E-state index is 0.0115. The molecule has 4 unspecified atom stereocenters. The zero-order valence-electron chi connectivity index (χ0n) is 12.5. The van der Waals surface area contributed by atoms with E-state index in [0.29, 0.717) is 5.41 Å². The molecule has 0 saturated heterocycles. The van der Waals surface area contributed by atoms with Crippen molar-refractivity contribution >= 4 is 0 Å². The Labute approximate surface area is 118 Å². The van der Waals surface area contributed by atoms with E-state index in [9.17, 15) is 5.11 Å². The van der Waals surface area contributed by atoms with Gasteiger partial charge in [0, 0.05) is 0 Å². The molecule has 0 aromatic heterocycles. The Morgan fingerprint density at radius 1 is 0.895 bits per heavy atom. The topological polar surface area (TPSA) is 20.2 Å². The van der Waals surface area contributed by atoms with Gasteiger partial charge in [0.25, 0.3) is 0 Å². The fourth-order valence-electron chi connectivity index (χ4n) is 6.85. The van der Waals surface area contributed by atoms with Crippen LogP contribution in [0.25, 0.3) is 0 Å². The van der Waals surface area contributed by atoms with E-state index in [1.54, 1.807) is 0 Å². The van der Waals surface area contributed by atoms with Gasteiger partial charge in [0.15, 0.2) is 0 Å². The Balaban J connectivity index is 1.60. The smallest absolute Gasteiger partial charge is 0.0543 e. The second-order valence-corrected chi connectivity index (χ2v) is 8.41. The molecule has 7 atom stereocenters. The van der Waals surface area contributed by atoms with E-state index >= 15 is 0 Å². The van der Waals surface area contributed by atoms with Crippen LogP contribution in [0, 0.1) is 35.0 Å². The highest BCUT2D eigenvalue weighted by Gasteiger charge is 2.54. The molecule has 1 heteroatoms. The van der Waals surface area contributed by atoms with Crippen molar-refractivity contribution in [2.24, 2.45) is 35.0 Å². The van der Waals surface area contributed by atoms with Crippen molar-refractivity contribution in [3.8, 4) is 0 Å². The summed E-state index contributed by atoms with van der Waals surface area (Å²) in [5.74, 6) is 5.06. The molecule has 4 saturated carbocycles. The molecule has 0 radical (unpaired) electrons. The van der Waals surface area contributed by atoms with Crippen molar-refractivity contribution in [1.82, 2.24) is 0 Å². The monoisotopic (exact) mass is 262 g/mol. The van der Waals surface area contributed by atoms with Crippen molar-refractivity contribution in [2.75, 3.05) is 0 Å². The average Bonchev–Trinajstić information content (AvgIpc) is 2.88. The summed E-state index contributed by atoms with van der Waals surface area (Å²) in [6, 6.07) is 0. The number of aliphatic hydroxyl groups excluding tert-OH is 1. The van der Waals surface area contributed by atoms with E-state index in [4.69, 9.17) is 0 Å². The summed E-state index contributed by atoms with van der Waals surface area (Å²) in [7, 11) is 0. The van der Waals surface area contributed by atoms with Gasteiger partial charge in [0.2, 0.25) is 0 Å². The van der Waals surface area contributed by atoms with Gasteiger partial charge in [-0.25, -0.2) is 0 Å². The largest absolute Gasteiger partial charge is 0.393 e. The lowest BCUT2D eigenvalue weighted by atomic mass is 9.47. The maximum atomic E-state index is 10.0. The standard InChI is InChI=1S/C18H30O/c1-18-10-9-14(19)11-13(18)6-7-16-15-4-2-3-12(15)5-8-17(16)18/h12-17,19H,2-11H2,1H3/t12?,13-,14-,15?,16?,17?,18+/m0/s1. The number of rotatable bonds is 0. The summed E-state index contributed by atoms with van der Waals surface area (Å²) in [6.07, 6.45) is 14.0. The maximum absolute atomic E-state index is 10.0. The van der Waals surface area contributed by atoms with Crippen molar-refractivity contribution in [3.05, 3.63) is 0 Å². The molecular formula is C18H30O. The summed E-state index contributed by atoms with van der Waals surface area (Å²) in [5, 5.41) is 10.0. The Morgan fingerprint density at radius 3 is 2.68 bits per heavy atom. The Kier molecular flexibility index (Phi) is 2.99. The van der Waals surface area contributed by atoms with Gasteiger partial charge in [0.1, 0.15) is 0 Å². The highest BCUT2D eigenvalue weighted by Crippen LogP contribution is 2.62. The summed E-state index contributed by atoms with van der Waals surface area (Å²) in [6.45, 7) is 2.59. The fourth-order valence-corrected chi connectivity index (χ4v) is 6.85. The number of hydrogen-bond acceptors (Lipinski definition) is 1. The van der Waals surface area contributed by atoms with E-state index in [1.807, 2.05) is 0 Å². The van der Waals surface area contributed by atoms with E-state index in [-0.39, 0.29) is 6.10 Å². The highest BCUT2D eigenvalue weighted by molar-refractivity contribution is 5.04.